The van der Waals surface area contributed by atoms with Gasteiger partial charge in [0.1, 0.15) is 6.10 Å². The number of methoxy groups -OCH3 is 2. The monoisotopic (exact) mass is 447 g/mol. The molecule has 0 N–H and O–H groups in total. The molecule has 0 aromatic heterocycles. The second-order valence-electron chi connectivity index (χ2n) is 6.66. The molecule has 0 spiro atoms. The van der Waals surface area contributed by atoms with Crippen LogP contribution in [0.2, 0.25) is 0 Å². The van der Waals surface area contributed by atoms with Gasteiger partial charge >= 0.3 is 11.9 Å². The van der Waals surface area contributed by atoms with Gasteiger partial charge in [-0.25, -0.2) is 0 Å². The first-order chi connectivity index (χ1) is 13.4. The van der Waals surface area contributed by atoms with Crippen molar-refractivity contribution < 1.29 is 23.9 Å². The lowest BCUT2D eigenvalue weighted by molar-refractivity contribution is -0.277. The predicted octanol–water partition coefficient (Wildman–Crippen LogP) is 3.83. The van der Waals surface area contributed by atoms with Gasteiger partial charge in [0.15, 0.2) is 5.41 Å². The Hall–Kier alpha value is -2.22. The summed E-state index contributed by atoms with van der Waals surface area (Å²) in [6.07, 6.45) is -0.405. The number of hydrogen-bond acceptors (Lipinski definition) is 6. The van der Waals surface area contributed by atoms with E-state index in [1.165, 1.54) is 14.2 Å². The van der Waals surface area contributed by atoms with Gasteiger partial charge in [-0.1, -0.05) is 58.4 Å². The molecule has 1 fully saturated rings. The zero-order valence-electron chi connectivity index (χ0n) is 15.9. The lowest BCUT2D eigenvalue weighted by Gasteiger charge is -2.47. The van der Waals surface area contributed by atoms with E-state index in [1.54, 1.807) is 12.1 Å². The lowest BCUT2D eigenvalue weighted by Crippen LogP contribution is -2.55. The molecule has 1 aliphatic rings. The third-order valence-electron chi connectivity index (χ3n) is 5.09. The molecule has 0 unspecified atom stereocenters. The summed E-state index contributed by atoms with van der Waals surface area (Å²) in [4.78, 5) is 32.2. The van der Waals surface area contributed by atoms with Crippen LogP contribution in [0.5, 0.6) is 0 Å². The van der Waals surface area contributed by atoms with Crippen molar-refractivity contribution in [1.29, 1.82) is 0 Å². The molecule has 3 rings (SSSR count). The Morgan fingerprint density at radius 3 is 2.11 bits per heavy atom. The third-order valence-corrected chi connectivity index (χ3v) is 5.62. The van der Waals surface area contributed by atoms with Gasteiger partial charge in [0.25, 0.3) is 0 Å². The van der Waals surface area contributed by atoms with Crippen LogP contribution < -0.4 is 0 Å². The number of esters is 2. The molecule has 28 heavy (non-hydrogen) atoms. The number of ether oxygens (including phenoxy) is 2. The molecule has 0 amide bonds. The van der Waals surface area contributed by atoms with Crippen molar-refractivity contribution in [3.05, 3.63) is 70.2 Å². The van der Waals surface area contributed by atoms with E-state index in [0.717, 1.165) is 15.6 Å². The van der Waals surface area contributed by atoms with Gasteiger partial charge < -0.3 is 9.47 Å². The van der Waals surface area contributed by atoms with Gasteiger partial charge in [0.2, 0.25) is 0 Å². The van der Waals surface area contributed by atoms with Crippen LogP contribution in [-0.4, -0.2) is 38.3 Å². The summed E-state index contributed by atoms with van der Waals surface area (Å²) >= 11 is 3.41. The number of benzene rings is 2. The van der Waals surface area contributed by atoms with E-state index in [1.807, 2.05) is 54.6 Å². The first-order valence-electron chi connectivity index (χ1n) is 8.81. The number of halogens is 1. The van der Waals surface area contributed by atoms with E-state index in [-0.39, 0.29) is 6.42 Å². The maximum atomic E-state index is 13.0. The average molecular weight is 448 g/mol. The molecule has 7 heteroatoms. The zero-order chi connectivity index (χ0) is 20.3. The molecule has 0 saturated carbocycles. The highest BCUT2D eigenvalue weighted by Crippen LogP contribution is 2.51. The van der Waals surface area contributed by atoms with Crippen LogP contribution in [0.4, 0.5) is 0 Å². The Morgan fingerprint density at radius 2 is 1.57 bits per heavy atom. The van der Waals surface area contributed by atoms with E-state index in [2.05, 4.69) is 15.9 Å². The maximum Gasteiger partial charge on any atom is 0.325 e. The van der Waals surface area contributed by atoms with Crippen molar-refractivity contribution >= 4 is 27.9 Å². The first-order valence-corrected chi connectivity index (χ1v) is 9.60. The Labute approximate surface area is 172 Å². The van der Waals surface area contributed by atoms with Gasteiger partial charge in [-0.2, -0.15) is 5.06 Å². The van der Waals surface area contributed by atoms with E-state index >= 15 is 0 Å². The highest BCUT2D eigenvalue weighted by molar-refractivity contribution is 9.10. The Morgan fingerprint density at radius 1 is 1.00 bits per heavy atom. The molecule has 1 heterocycles. The molecule has 2 atom stereocenters. The largest absolute Gasteiger partial charge is 0.468 e. The summed E-state index contributed by atoms with van der Waals surface area (Å²) in [6.45, 7) is 0. The van der Waals surface area contributed by atoms with Crippen LogP contribution in [-0.2, 0) is 23.9 Å². The molecule has 0 bridgehead atoms. The van der Waals surface area contributed by atoms with E-state index < -0.39 is 29.5 Å². The summed E-state index contributed by atoms with van der Waals surface area (Å²) in [6, 6.07) is 16.2. The molecule has 1 aliphatic heterocycles. The van der Waals surface area contributed by atoms with Gasteiger partial charge in [-0.15, -0.1) is 0 Å². The molecule has 1 saturated heterocycles. The molecule has 0 radical (unpaired) electrons. The fourth-order valence-corrected chi connectivity index (χ4v) is 4.10. The zero-order valence-corrected chi connectivity index (χ0v) is 17.5. The van der Waals surface area contributed by atoms with Crippen molar-refractivity contribution in [2.75, 3.05) is 21.3 Å². The molecule has 0 aliphatic carbocycles. The van der Waals surface area contributed by atoms with E-state index in [9.17, 15) is 9.59 Å². The average Bonchev–Trinajstić information content (AvgIpc) is 2.73. The lowest BCUT2D eigenvalue weighted by atomic mass is 9.70. The quantitative estimate of drug-likeness (QED) is 0.524. The van der Waals surface area contributed by atoms with Crippen LogP contribution >= 0.6 is 15.9 Å². The second kappa shape index (κ2) is 8.43. The summed E-state index contributed by atoms with van der Waals surface area (Å²) in [5.74, 6) is -1.30. The third kappa shape index (κ3) is 3.57. The Balaban J connectivity index is 2.15. The number of nitrogens with zero attached hydrogens (tertiary/aromatic N) is 1. The maximum absolute atomic E-state index is 13.0. The Kier molecular flexibility index (Phi) is 6.17. The van der Waals surface area contributed by atoms with Crippen molar-refractivity contribution in [1.82, 2.24) is 5.06 Å². The number of carbonyl (C=O) groups excluding carboxylic acids is 2. The molecule has 2 aromatic rings. The van der Waals surface area contributed by atoms with Crippen LogP contribution in [0.1, 0.15) is 29.7 Å². The predicted molar refractivity (Wildman–Crippen MR) is 106 cm³/mol. The van der Waals surface area contributed by atoms with Crippen molar-refractivity contribution in [3.8, 4) is 0 Å². The molecule has 148 valence electrons. The summed E-state index contributed by atoms with van der Waals surface area (Å²) in [5.41, 5.74) is 0.0268. The molecule has 2 aromatic carbocycles. The van der Waals surface area contributed by atoms with Gasteiger partial charge in [-0.05, 0) is 23.3 Å². The van der Waals surface area contributed by atoms with E-state index in [0.29, 0.717) is 0 Å². The number of hydrogen-bond donors (Lipinski definition) is 0. The first kappa shape index (κ1) is 20.5. The highest BCUT2D eigenvalue weighted by Gasteiger charge is 2.61. The SMILES string of the molecule is COC(=O)C1(C(=O)OC)C[C@H](c2ccccc2)ON(C)[C@H]1c1ccc(Br)cc1. The summed E-state index contributed by atoms with van der Waals surface area (Å²) < 4.78 is 11.1. The minimum atomic E-state index is -1.58. The summed E-state index contributed by atoms with van der Waals surface area (Å²) in [5, 5.41) is 1.55. The molecular formula is C21H22BrNO5. The molecule has 6 nitrogen and oxygen atoms in total. The van der Waals surface area contributed by atoms with Gasteiger partial charge in [0.05, 0.1) is 20.3 Å². The standard InChI is InChI=1S/C21H22BrNO5/c1-23-18(15-9-11-16(22)12-10-15)21(19(24)26-2,20(25)27-3)13-17(28-23)14-7-5-4-6-8-14/h4-12,17-18H,13H2,1-3H3/t17-,18+/m1/s1. The van der Waals surface area contributed by atoms with Crippen molar-refractivity contribution in [2.24, 2.45) is 5.41 Å². The summed E-state index contributed by atoms with van der Waals surface area (Å²) in [7, 11) is 4.26. The van der Waals surface area contributed by atoms with Crippen molar-refractivity contribution in [2.45, 2.75) is 18.6 Å². The fourth-order valence-electron chi connectivity index (χ4n) is 3.84. The van der Waals surface area contributed by atoms with Crippen LogP contribution in [0.25, 0.3) is 0 Å². The minimum Gasteiger partial charge on any atom is -0.468 e. The number of carbonyl (C=O) groups is 2. The number of hydroxylamine groups is 2. The van der Waals surface area contributed by atoms with Crippen LogP contribution in [0, 0.1) is 5.41 Å². The minimum absolute atomic E-state index is 0.0986. The van der Waals surface area contributed by atoms with Gasteiger partial charge in [-0.3, -0.25) is 14.4 Å². The fraction of sp³-hybridized carbons (Fsp3) is 0.333. The number of rotatable bonds is 4. The molecular weight excluding hydrogens is 426 g/mol. The topological polar surface area (TPSA) is 65.1 Å². The normalized spacial score (nSPS) is 21.7. The highest BCUT2D eigenvalue weighted by atomic mass is 79.9. The second-order valence-corrected chi connectivity index (χ2v) is 7.58. The van der Waals surface area contributed by atoms with Crippen LogP contribution in [0.3, 0.4) is 0 Å². The van der Waals surface area contributed by atoms with Crippen molar-refractivity contribution in [3.63, 3.8) is 0 Å². The smallest absolute Gasteiger partial charge is 0.325 e. The van der Waals surface area contributed by atoms with E-state index in [4.69, 9.17) is 14.3 Å². The van der Waals surface area contributed by atoms with Crippen LogP contribution in [0.15, 0.2) is 59.1 Å². The Bertz CT molecular complexity index is 824. The van der Waals surface area contributed by atoms with Gasteiger partial charge in [0, 0.05) is 17.9 Å².